The van der Waals surface area contributed by atoms with E-state index in [9.17, 15) is 0 Å². The summed E-state index contributed by atoms with van der Waals surface area (Å²) in [5.74, 6) is 0. The predicted octanol–water partition coefficient (Wildman–Crippen LogP) is -6.62. The van der Waals surface area contributed by atoms with Crippen LogP contribution in [-0.2, 0) is 4.74 Å². The Morgan fingerprint density at radius 3 is 1.50 bits per heavy atom. The van der Waals surface area contributed by atoms with E-state index in [4.69, 9.17) is 10.2 Å². The molecule has 6 heteroatoms. The number of aliphatic hydroxyl groups excluding tert-OH is 2. The minimum atomic E-state index is 0. The first-order valence-electron chi connectivity index (χ1n) is 2.21. The molecule has 0 bridgehead atoms. The van der Waals surface area contributed by atoms with Crippen molar-refractivity contribution in [3.63, 3.8) is 0 Å². The molecule has 0 aliphatic carbocycles. The molecule has 0 aliphatic heterocycles. The van der Waals surface area contributed by atoms with Crippen LogP contribution < -0.4 is 109 Å². The first-order chi connectivity index (χ1) is 3.41. The fourth-order valence-corrected chi connectivity index (χ4v) is 0.231. The molecule has 0 fully saturated rings. The van der Waals surface area contributed by atoms with Gasteiger partial charge in [-0.25, -0.2) is 0 Å². The molecule has 0 radical (unpaired) electrons. The van der Waals surface area contributed by atoms with Gasteiger partial charge in [0.2, 0.25) is 0 Å². The van der Waals surface area contributed by atoms with Gasteiger partial charge in [0.1, 0.15) is 0 Å². The van der Waals surface area contributed by atoms with Crippen molar-refractivity contribution in [1.82, 2.24) is 6.15 Å². The van der Waals surface area contributed by atoms with Gasteiger partial charge < -0.3 is 24.0 Å². The van der Waals surface area contributed by atoms with E-state index in [1.165, 1.54) is 0 Å². The van der Waals surface area contributed by atoms with Crippen LogP contribution in [0.3, 0.4) is 0 Å². The van der Waals surface area contributed by atoms with Crippen molar-refractivity contribution in [2.45, 2.75) is 0 Å². The van der Waals surface area contributed by atoms with Crippen LogP contribution in [0.1, 0.15) is 2.85 Å². The number of hydrogen-bond donors (Lipinski definition) is 3. The van der Waals surface area contributed by atoms with E-state index in [1.807, 2.05) is 0 Å². The normalized spacial score (nSPS) is 6.60. The molecule has 0 amide bonds. The van der Waals surface area contributed by atoms with Crippen molar-refractivity contribution in [2.75, 3.05) is 26.4 Å². The first-order valence-corrected chi connectivity index (χ1v) is 2.21. The van der Waals surface area contributed by atoms with Crippen molar-refractivity contribution in [3.8, 4) is 0 Å². The Kier molecular flexibility index (Phi) is 52.7. The minimum absolute atomic E-state index is 0. The molecule has 0 aromatic heterocycles. The molecule has 56 valence electrons. The zero-order valence-corrected chi connectivity index (χ0v) is 13.1. The molecule has 0 aromatic rings. The van der Waals surface area contributed by atoms with E-state index >= 15 is 0 Å². The monoisotopic (exact) mass is 203 g/mol. The fourth-order valence-electron chi connectivity index (χ4n) is 0.231. The molecule has 0 saturated heterocycles. The summed E-state index contributed by atoms with van der Waals surface area (Å²) in [7, 11) is 0. The maximum Gasteiger partial charge on any atom is 1.00 e. The van der Waals surface area contributed by atoms with Crippen LogP contribution in [0.2, 0.25) is 0 Å². The van der Waals surface area contributed by atoms with Crippen LogP contribution in [0.25, 0.3) is 0 Å². The third kappa shape index (κ3) is 22.5. The molecule has 0 spiro atoms. The number of aliphatic hydroxyl groups is 2. The zero-order chi connectivity index (χ0) is 5.54. The number of ether oxygens (including phenoxy) is 1. The Morgan fingerprint density at radius 2 is 1.30 bits per heavy atom. The Hall–Kier alpha value is 3.11. The summed E-state index contributed by atoms with van der Waals surface area (Å²) in [6, 6.07) is 0. The van der Waals surface area contributed by atoms with Gasteiger partial charge in [0.25, 0.3) is 0 Å². The Bertz CT molecular complexity index is 45.5. The molecule has 0 heterocycles. The summed E-state index contributed by atoms with van der Waals surface area (Å²) < 4.78 is 4.63. The molecule has 0 unspecified atom stereocenters. The van der Waals surface area contributed by atoms with Crippen LogP contribution in [0.4, 0.5) is 0 Å². The van der Waals surface area contributed by atoms with E-state index in [0.29, 0.717) is 13.2 Å². The molecule has 10 heavy (non-hydrogen) atoms. The quantitative estimate of drug-likeness (QED) is 0.313. The molecule has 5 N–H and O–H groups in total. The third-order valence-electron chi connectivity index (χ3n) is 0.471. The Balaban J connectivity index is -0.0000000180. The van der Waals surface area contributed by atoms with Gasteiger partial charge in [0.15, 0.2) is 0 Å². The Labute approximate surface area is 149 Å². The van der Waals surface area contributed by atoms with Gasteiger partial charge in [-0.1, -0.05) is 0 Å². The third-order valence-corrected chi connectivity index (χ3v) is 0.471. The van der Waals surface area contributed by atoms with Gasteiger partial charge in [0.05, 0.1) is 26.4 Å². The van der Waals surface area contributed by atoms with Crippen molar-refractivity contribution in [2.24, 2.45) is 0 Å². The summed E-state index contributed by atoms with van der Waals surface area (Å²) in [6.07, 6.45) is 0. The van der Waals surface area contributed by atoms with Crippen LogP contribution >= 0.6 is 0 Å². The second-order valence-electron chi connectivity index (χ2n) is 1.06. The van der Waals surface area contributed by atoms with Crippen LogP contribution in [-0.4, -0.2) is 36.6 Å². The van der Waals surface area contributed by atoms with Crippen LogP contribution in [0.15, 0.2) is 0 Å². The summed E-state index contributed by atoms with van der Waals surface area (Å²) >= 11 is 0. The molecule has 0 saturated carbocycles. The molecular formula is C4H15K2NO3. The number of hydrogen-bond acceptors (Lipinski definition) is 4. The standard InChI is InChI=1S/C4H10O3.2K.H3N.2H/c5-1-3-7-4-2-6;;;;;/h5-6H,1-4H2;;;1H3;;/q;2*+1;;2*-1. The van der Waals surface area contributed by atoms with Gasteiger partial charge in [0, 0.05) is 0 Å². The van der Waals surface area contributed by atoms with Crippen molar-refractivity contribution < 1.29 is 121 Å². The summed E-state index contributed by atoms with van der Waals surface area (Å²) in [6.45, 7) is 0.696. The number of rotatable bonds is 4. The SMILES string of the molecule is N.OCCOCCO.[H-].[H-].[K+].[K+]. The molecular weight excluding hydrogens is 188 g/mol. The van der Waals surface area contributed by atoms with E-state index in [2.05, 4.69) is 4.74 Å². The first kappa shape index (κ1) is 23.2. The van der Waals surface area contributed by atoms with Crippen molar-refractivity contribution in [3.05, 3.63) is 0 Å². The van der Waals surface area contributed by atoms with Gasteiger partial charge in [-0.2, -0.15) is 0 Å². The Morgan fingerprint density at radius 1 is 1.00 bits per heavy atom. The summed E-state index contributed by atoms with van der Waals surface area (Å²) in [4.78, 5) is 0. The smallest absolute Gasteiger partial charge is 1.00 e. The summed E-state index contributed by atoms with van der Waals surface area (Å²) in [5, 5.41) is 16.2. The maximum absolute atomic E-state index is 8.09. The molecule has 0 atom stereocenters. The average molecular weight is 203 g/mol. The molecule has 0 aromatic carbocycles. The zero-order valence-electron chi connectivity index (χ0n) is 8.84. The second-order valence-corrected chi connectivity index (χ2v) is 1.06. The van der Waals surface area contributed by atoms with E-state index in [-0.39, 0.29) is 125 Å². The van der Waals surface area contributed by atoms with E-state index in [1.54, 1.807) is 0 Å². The van der Waals surface area contributed by atoms with E-state index < -0.39 is 0 Å². The van der Waals surface area contributed by atoms with Crippen LogP contribution in [0.5, 0.6) is 0 Å². The topological polar surface area (TPSA) is 84.7 Å². The summed E-state index contributed by atoms with van der Waals surface area (Å²) in [5.41, 5.74) is 0. The van der Waals surface area contributed by atoms with Gasteiger partial charge in [-0.05, 0) is 0 Å². The fraction of sp³-hybridized carbons (Fsp3) is 1.00. The molecule has 4 nitrogen and oxygen atoms in total. The van der Waals surface area contributed by atoms with Gasteiger partial charge in [-0.3, -0.25) is 0 Å². The molecule has 0 rings (SSSR count). The molecule has 0 aliphatic rings. The largest absolute Gasteiger partial charge is 1.00 e. The van der Waals surface area contributed by atoms with E-state index in [0.717, 1.165) is 0 Å². The second kappa shape index (κ2) is 22.7. The minimum Gasteiger partial charge on any atom is -1.00 e. The van der Waals surface area contributed by atoms with Crippen molar-refractivity contribution >= 4 is 0 Å². The van der Waals surface area contributed by atoms with Crippen molar-refractivity contribution in [1.29, 1.82) is 0 Å². The van der Waals surface area contributed by atoms with Crippen LogP contribution in [0, 0.1) is 0 Å². The average Bonchev–Trinajstić information content (AvgIpc) is 1.69. The predicted molar refractivity (Wildman–Crippen MR) is 32.2 cm³/mol. The van der Waals surface area contributed by atoms with Gasteiger partial charge in [-0.15, -0.1) is 0 Å². The maximum atomic E-state index is 8.09. The van der Waals surface area contributed by atoms with Gasteiger partial charge >= 0.3 is 103 Å².